The van der Waals surface area contributed by atoms with Crippen molar-refractivity contribution >= 4 is 35.5 Å². The molecule has 0 aliphatic carbocycles. The van der Waals surface area contributed by atoms with E-state index in [1.165, 1.54) is 0 Å². The first-order chi connectivity index (χ1) is 19.2. The van der Waals surface area contributed by atoms with Gasteiger partial charge in [-0.15, -0.1) is 11.8 Å². The van der Waals surface area contributed by atoms with Crippen LogP contribution in [-0.4, -0.2) is 90.5 Å². The van der Waals surface area contributed by atoms with E-state index in [-0.39, 0.29) is 43.4 Å². The molecule has 0 aromatic heterocycles. The predicted octanol–water partition coefficient (Wildman–Crippen LogP) is 3.43. The highest BCUT2D eigenvalue weighted by atomic mass is 32.2. The van der Waals surface area contributed by atoms with Crippen LogP contribution in [0.5, 0.6) is 0 Å². The van der Waals surface area contributed by atoms with Crippen LogP contribution in [-0.2, 0) is 28.7 Å². The van der Waals surface area contributed by atoms with E-state index in [9.17, 15) is 29.4 Å². The molecule has 0 bridgehead atoms. The first-order valence-corrected chi connectivity index (χ1v) is 15.5. The molecule has 238 valence electrons. The molecule has 3 amide bonds. The maximum atomic E-state index is 12.5. The molecule has 0 aliphatic rings. The molecule has 11 nitrogen and oxygen atoms in total. The lowest BCUT2D eigenvalue weighted by Gasteiger charge is -2.25. The van der Waals surface area contributed by atoms with Crippen LogP contribution >= 0.6 is 11.8 Å². The van der Waals surface area contributed by atoms with E-state index >= 15 is 0 Å². The van der Waals surface area contributed by atoms with E-state index in [0.29, 0.717) is 69.1 Å². The van der Waals surface area contributed by atoms with Gasteiger partial charge in [-0.3, -0.25) is 14.4 Å². The van der Waals surface area contributed by atoms with Gasteiger partial charge in [0.2, 0.25) is 17.7 Å². The lowest BCUT2D eigenvalue weighted by atomic mass is 9.86. The summed E-state index contributed by atoms with van der Waals surface area (Å²) in [6.07, 6.45) is 3.00. The summed E-state index contributed by atoms with van der Waals surface area (Å²) in [6, 6.07) is -1.02. The van der Waals surface area contributed by atoms with Crippen molar-refractivity contribution in [2.45, 2.75) is 90.9 Å². The van der Waals surface area contributed by atoms with Crippen molar-refractivity contribution in [1.82, 2.24) is 16.0 Å². The fraction of sp³-hybridized carbons (Fsp3) is 0.793. The van der Waals surface area contributed by atoms with Gasteiger partial charge < -0.3 is 35.6 Å². The number of unbranched alkanes of at least 4 members (excludes halogenated alkanes) is 1. The largest absolute Gasteiger partial charge is 0.513 e. The molecule has 0 spiro atoms. The number of allylic oxidation sites excluding steroid dienone is 1. The summed E-state index contributed by atoms with van der Waals surface area (Å²) in [6.45, 7) is 15.7. The van der Waals surface area contributed by atoms with Gasteiger partial charge in [0.1, 0.15) is 6.04 Å². The maximum absolute atomic E-state index is 12.5. The van der Waals surface area contributed by atoms with Gasteiger partial charge in [0.15, 0.2) is 0 Å². The third-order valence-corrected chi connectivity index (χ3v) is 7.39. The van der Waals surface area contributed by atoms with Crippen LogP contribution in [0.4, 0.5) is 0 Å². The van der Waals surface area contributed by atoms with Gasteiger partial charge in [-0.25, -0.2) is 4.79 Å². The van der Waals surface area contributed by atoms with Gasteiger partial charge in [0, 0.05) is 38.0 Å². The van der Waals surface area contributed by atoms with Crippen LogP contribution in [0, 0.1) is 11.3 Å². The Balaban J connectivity index is 3.86. The monoisotopic (exact) mass is 603 g/mol. The SMILES string of the molecule is C=C(O)CCC(C)(C)C(=O)N[C@@H](CCCCNC(=O)CCOCCOCCC(C)CNC(=O)CSC(C)C)C(=O)O. The highest BCUT2D eigenvalue weighted by molar-refractivity contribution is 8.00. The second-order valence-electron chi connectivity index (χ2n) is 11.2. The molecule has 0 aromatic carbocycles. The van der Waals surface area contributed by atoms with Crippen LogP contribution in [0.1, 0.15) is 79.6 Å². The zero-order valence-electron chi connectivity index (χ0n) is 25.6. The standard InChI is InChI=1S/C29H53N3O8S/c1-21(2)41-20-26(35)31-19-22(3)11-15-39-17-18-40-16-12-25(34)30-14-8-7-9-24(27(36)37)32-28(38)29(5,6)13-10-23(4)33/h21-22,24,33H,4,7-20H2,1-3,5-6H3,(H,30,34)(H,31,35)(H,32,38)(H,36,37)/t22?,24-/m0/s1. The second-order valence-corrected chi connectivity index (χ2v) is 12.8. The third kappa shape index (κ3) is 22.0. The summed E-state index contributed by atoms with van der Waals surface area (Å²) in [5.41, 5.74) is -0.841. The van der Waals surface area contributed by atoms with Crippen LogP contribution in [0.2, 0.25) is 0 Å². The molecule has 0 heterocycles. The number of aliphatic hydroxyl groups excluding tert-OH is 1. The Morgan fingerprint density at radius 2 is 1.54 bits per heavy atom. The molecule has 41 heavy (non-hydrogen) atoms. The summed E-state index contributed by atoms with van der Waals surface area (Å²) in [5.74, 6) is -0.812. The highest BCUT2D eigenvalue weighted by Crippen LogP contribution is 2.24. The molecule has 5 N–H and O–H groups in total. The van der Waals surface area contributed by atoms with Crippen LogP contribution < -0.4 is 16.0 Å². The summed E-state index contributed by atoms with van der Waals surface area (Å²) < 4.78 is 11.0. The molecule has 0 rings (SSSR count). The Kier molecular flexibility index (Phi) is 21.1. The molecule has 0 aliphatic heterocycles. The number of hydrogen-bond donors (Lipinski definition) is 5. The number of carboxylic acid groups (broad SMARTS) is 1. The van der Waals surface area contributed by atoms with Crippen molar-refractivity contribution in [3.05, 3.63) is 12.3 Å². The number of thioether (sulfide) groups is 1. The van der Waals surface area contributed by atoms with Crippen molar-refractivity contribution < 1.29 is 38.9 Å². The minimum absolute atomic E-state index is 0.0176. The van der Waals surface area contributed by atoms with E-state index < -0.39 is 23.3 Å². The van der Waals surface area contributed by atoms with E-state index in [2.05, 4.69) is 43.3 Å². The number of hydrogen-bond acceptors (Lipinski definition) is 8. The third-order valence-electron chi connectivity index (χ3n) is 6.29. The molecule has 1 unspecified atom stereocenters. The Hall–Kier alpha value is -2.31. The molecule has 0 saturated heterocycles. The molecule has 12 heteroatoms. The van der Waals surface area contributed by atoms with Crippen molar-refractivity contribution in [3.8, 4) is 0 Å². The Labute approximate surface area is 250 Å². The van der Waals surface area contributed by atoms with Crippen molar-refractivity contribution in [1.29, 1.82) is 0 Å². The number of amides is 3. The number of aliphatic hydroxyl groups is 1. The number of nitrogens with one attached hydrogen (secondary N) is 3. The normalized spacial score (nSPS) is 12.9. The van der Waals surface area contributed by atoms with Crippen LogP contribution in [0.15, 0.2) is 12.3 Å². The molecular formula is C29H53N3O8S. The lowest BCUT2D eigenvalue weighted by Crippen LogP contribution is -2.46. The number of carbonyl (C=O) groups is 4. The fourth-order valence-electron chi connectivity index (χ4n) is 3.43. The fourth-order valence-corrected chi connectivity index (χ4v) is 4.01. The molecule has 0 aromatic rings. The molecule has 2 atom stereocenters. The highest BCUT2D eigenvalue weighted by Gasteiger charge is 2.31. The average Bonchev–Trinajstić information content (AvgIpc) is 2.89. The van der Waals surface area contributed by atoms with E-state index in [1.54, 1.807) is 25.6 Å². The predicted molar refractivity (Wildman–Crippen MR) is 162 cm³/mol. The number of rotatable bonds is 25. The summed E-state index contributed by atoms with van der Waals surface area (Å²) >= 11 is 1.62. The zero-order valence-corrected chi connectivity index (χ0v) is 26.4. The maximum Gasteiger partial charge on any atom is 0.326 e. The minimum atomic E-state index is -1.11. The summed E-state index contributed by atoms with van der Waals surface area (Å²) in [5, 5.41) is 27.5. The molecule has 0 radical (unpaired) electrons. The summed E-state index contributed by atoms with van der Waals surface area (Å²) in [7, 11) is 0. The number of ether oxygens (including phenoxy) is 2. The van der Waals surface area contributed by atoms with Crippen molar-refractivity contribution in [2.75, 3.05) is 45.3 Å². The zero-order chi connectivity index (χ0) is 31.3. The first-order valence-electron chi connectivity index (χ1n) is 14.5. The van der Waals surface area contributed by atoms with Gasteiger partial charge in [-0.05, 0) is 43.3 Å². The van der Waals surface area contributed by atoms with Crippen LogP contribution in [0.3, 0.4) is 0 Å². The van der Waals surface area contributed by atoms with Gasteiger partial charge in [-0.2, -0.15) is 0 Å². The second kappa shape index (κ2) is 22.3. The smallest absolute Gasteiger partial charge is 0.326 e. The number of carbonyl (C=O) groups excluding carboxylic acids is 3. The van der Waals surface area contributed by atoms with Gasteiger partial charge in [0.05, 0.1) is 31.3 Å². The van der Waals surface area contributed by atoms with E-state index in [0.717, 1.165) is 6.42 Å². The number of carboxylic acids is 1. The van der Waals surface area contributed by atoms with E-state index in [4.69, 9.17) is 9.47 Å². The first kappa shape index (κ1) is 38.7. The van der Waals surface area contributed by atoms with E-state index in [1.807, 2.05) is 0 Å². The Bertz CT molecular complexity index is 807. The van der Waals surface area contributed by atoms with Crippen molar-refractivity contribution in [2.24, 2.45) is 11.3 Å². The molecule has 0 saturated carbocycles. The van der Waals surface area contributed by atoms with Gasteiger partial charge in [-0.1, -0.05) is 41.2 Å². The quantitative estimate of drug-likeness (QED) is 0.0777. The minimum Gasteiger partial charge on any atom is -0.513 e. The van der Waals surface area contributed by atoms with Gasteiger partial charge in [0.25, 0.3) is 0 Å². The average molecular weight is 604 g/mol. The lowest BCUT2D eigenvalue weighted by molar-refractivity contribution is -0.143. The molecular weight excluding hydrogens is 550 g/mol. The Morgan fingerprint density at radius 3 is 2.15 bits per heavy atom. The van der Waals surface area contributed by atoms with Crippen molar-refractivity contribution in [3.63, 3.8) is 0 Å². The summed E-state index contributed by atoms with van der Waals surface area (Å²) in [4.78, 5) is 47.8. The van der Waals surface area contributed by atoms with Crippen LogP contribution in [0.25, 0.3) is 0 Å². The topological polar surface area (TPSA) is 163 Å². The molecule has 0 fully saturated rings. The Morgan fingerprint density at radius 1 is 0.878 bits per heavy atom. The number of aliphatic carboxylic acids is 1. The van der Waals surface area contributed by atoms with Gasteiger partial charge >= 0.3 is 5.97 Å².